The second-order valence-corrected chi connectivity index (χ2v) is 5.69. The number of hydrogen-bond acceptors (Lipinski definition) is 2. The maximum absolute atomic E-state index is 12.7. The van der Waals surface area contributed by atoms with E-state index in [1.165, 1.54) is 0 Å². The molecule has 2 rings (SSSR count). The Morgan fingerprint density at radius 3 is 2.41 bits per heavy atom. The van der Waals surface area contributed by atoms with Crippen molar-refractivity contribution in [2.45, 2.75) is 40.7 Å². The molecule has 0 N–H and O–H groups in total. The van der Waals surface area contributed by atoms with Gasteiger partial charge >= 0.3 is 0 Å². The van der Waals surface area contributed by atoms with Gasteiger partial charge in [-0.2, -0.15) is 0 Å². The average Bonchev–Trinajstić information content (AvgIpc) is 2.49. The minimum Gasteiger partial charge on any atom is -0.341 e. The van der Waals surface area contributed by atoms with Crippen LogP contribution in [0.15, 0.2) is 29.1 Å². The van der Waals surface area contributed by atoms with Gasteiger partial charge in [0.15, 0.2) is 0 Å². The number of pyridine rings is 1. The fourth-order valence-electron chi connectivity index (χ4n) is 3.03. The molecule has 1 heterocycles. The maximum Gasteiger partial charge on any atom is 0.252 e. The van der Waals surface area contributed by atoms with Crippen molar-refractivity contribution < 1.29 is 4.79 Å². The van der Waals surface area contributed by atoms with Crippen LogP contribution >= 0.6 is 0 Å². The normalized spacial score (nSPS) is 12.4. The third-order valence-electron chi connectivity index (χ3n) is 4.30. The number of rotatable bonds is 4. The number of aryl methyl sites for hydroxylation is 2. The summed E-state index contributed by atoms with van der Waals surface area (Å²) >= 11 is 0. The van der Waals surface area contributed by atoms with Gasteiger partial charge in [-0.1, -0.05) is 18.2 Å². The van der Waals surface area contributed by atoms with E-state index in [1.54, 1.807) is 15.5 Å². The zero-order chi connectivity index (χ0) is 16.4. The van der Waals surface area contributed by atoms with Gasteiger partial charge in [-0.15, -0.1) is 0 Å². The number of amides is 1. The van der Waals surface area contributed by atoms with Crippen molar-refractivity contribution in [3.05, 3.63) is 45.7 Å². The van der Waals surface area contributed by atoms with Gasteiger partial charge in [0.05, 0.1) is 5.52 Å². The van der Waals surface area contributed by atoms with Crippen LogP contribution < -0.4 is 5.56 Å². The van der Waals surface area contributed by atoms with Crippen LogP contribution in [0.1, 0.15) is 37.9 Å². The van der Waals surface area contributed by atoms with Crippen molar-refractivity contribution in [2.24, 2.45) is 0 Å². The average molecular weight is 300 g/mol. The van der Waals surface area contributed by atoms with E-state index in [4.69, 9.17) is 0 Å². The first kappa shape index (κ1) is 16.3. The lowest BCUT2D eigenvalue weighted by Crippen LogP contribution is -2.39. The van der Waals surface area contributed by atoms with Crippen LogP contribution in [0, 0.1) is 13.8 Å². The van der Waals surface area contributed by atoms with Gasteiger partial charge < -0.3 is 4.90 Å². The summed E-state index contributed by atoms with van der Waals surface area (Å²) < 4.78 is 1.64. The Kier molecular flexibility index (Phi) is 4.69. The van der Waals surface area contributed by atoms with Crippen molar-refractivity contribution in [1.82, 2.24) is 9.47 Å². The van der Waals surface area contributed by atoms with E-state index in [-0.39, 0.29) is 11.5 Å². The Hall–Kier alpha value is -2.10. The first-order valence-corrected chi connectivity index (χ1v) is 7.82. The second kappa shape index (κ2) is 6.34. The lowest BCUT2D eigenvalue weighted by molar-refractivity contribution is -0.133. The maximum atomic E-state index is 12.7. The Morgan fingerprint density at radius 2 is 1.82 bits per heavy atom. The molecule has 0 radical (unpaired) electrons. The molecule has 4 nitrogen and oxygen atoms in total. The lowest BCUT2D eigenvalue weighted by Gasteiger charge is -2.26. The van der Waals surface area contributed by atoms with Crippen LogP contribution in [0.25, 0.3) is 10.9 Å². The number of hydrogen-bond donors (Lipinski definition) is 0. The molecule has 118 valence electrons. The van der Waals surface area contributed by atoms with Crippen LogP contribution in [-0.2, 0) is 4.79 Å². The van der Waals surface area contributed by atoms with E-state index in [0.717, 1.165) is 22.0 Å². The van der Waals surface area contributed by atoms with Gasteiger partial charge in [0.2, 0.25) is 5.91 Å². The SMILES string of the molecule is CCN(CC)C(=O)[C@@H](C)n1c(=O)cc(C)c2cccc(C)c21. The number of carbonyl (C=O) groups excluding carboxylic acids is 1. The van der Waals surface area contributed by atoms with Crippen molar-refractivity contribution in [3.8, 4) is 0 Å². The summed E-state index contributed by atoms with van der Waals surface area (Å²) in [6.07, 6.45) is 0. The number of benzene rings is 1. The largest absolute Gasteiger partial charge is 0.341 e. The molecule has 0 fully saturated rings. The summed E-state index contributed by atoms with van der Waals surface area (Å²) in [6, 6.07) is 7.08. The van der Waals surface area contributed by atoms with Gasteiger partial charge in [0.25, 0.3) is 5.56 Å². The van der Waals surface area contributed by atoms with E-state index >= 15 is 0 Å². The highest BCUT2D eigenvalue weighted by atomic mass is 16.2. The molecule has 0 saturated carbocycles. The smallest absolute Gasteiger partial charge is 0.252 e. The second-order valence-electron chi connectivity index (χ2n) is 5.69. The molecular formula is C18H24N2O2. The molecule has 2 aromatic rings. The Labute approximate surface area is 131 Å². The molecule has 4 heteroatoms. The highest BCUT2D eigenvalue weighted by Crippen LogP contribution is 2.23. The van der Waals surface area contributed by atoms with Gasteiger partial charge in [-0.25, -0.2) is 0 Å². The van der Waals surface area contributed by atoms with E-state index in [0.29, 0.717) is 13.1 Å². The van der Waals surface area contributed by atoms with E-state index in [9.17, 15) is 9.59 Å². The number of fused-ring (bicyclic) bond motifs is 1. The third-order valence-corrected chi connectivity index (χ3v) is 4.30. The van der Waals surface area contributed by atoms with Gasteiger partial charge in [-0.3, -0.25) is 14.2 Å². The van der Waals surface area contributed by atoms with E-state index in [1.807, 2.05) is 52.8 Å². The van der Waals surface area contributed by atoms with Gasteiger partial charge in [0, 0.05) is 24.5 Å². The number of likely N-dealkylation sites (N-methyl/N-ethyl adjacent to an activating group) is 1. The summed E-state index contributed by atoms with van der Waals surface area (Å²) in [5.74, 6) is -0.0134. The van der Waals surface area contributed by atoms with Crippen LogP contribution in [-0.4, -0.2) is 28.5 Å². The summed E-state index contributed by atoms with van der Waals surface area (Å²) in [6.45, 7) is 10.9. The van der Waals surface area contributed by atoms with Crippen LogP contribution in [0.3, 0.4) is 0 Å². The Morgan fingerprint density at radius 1 is 1.18 bits per heavy atom. The van der Waals surface area contributed by atoms with Crippen LogP contribution in [0.2, 0.25) is 0 Å². The standard InChI is InChI=1S/C18H24N2O2/c1-6-19(7-2)18(22)14(5)20-16(21)11-13(4)15-10-8-9-12(3)17(15)20/h8-11,14H,6-7H2,1-5H3/t14-/m1/s1. The molecule has 1 amide bonds. The number of carbonyl (C=O) groups is 1. The molecule has 0 aliphatic heterocycles. The minimum absolute atomic E-state index is 0.0134. The fourth-order valence-corrected chi connectivity index (χ4v) is 3.03. The molecule has 0 unspecified atom stereocenters. The van der Waals surface area contributed by atoms with Crippen molar-refractivity contribution in [2.75, 3.05) is 13.1 Å². The minimum atomic E-state index is -0.503. The first-order valence-electron chi connectivity index (χ1n) is 7.82. The predicted molar refractivity (Wildman–Crippen MR) is 90.3 cm³/mol. The predicted octanol–water partition coefficient (Wildman–Crippen LogP) is 3.05. The number of para-hydroxylation sites is 1. The number of nitrogens with zero attached hydrogens (tertiary/aromatic N) is 2. The van der Waals surface area contributed by atoms with Gasteiger partial charge in [0.1, 0.15) is 6.04 Å². The monoisotopic (exact) mass is 300 g/mol. The molecule has 1 aromatic heterocycles. The van der Waals surface area contributed by atoms with Crippen molar-refractivity contribution in [3.63, 3.8) is 0 Å². The summed E-state index contributed by atoms with van der Waals surface area (Å²) in [4.78, 5) is 27.0. The van der Waals surface area contributed by atoms with Crippen LogP contribution in [0.5, 0.6) is 0 Å². The zero-order valence-electron chi connectivity index (χ0n) is 14.0. The highest BCUT2D eigenvalue weighted by molar-refractivity contribution is 5.88. The molecular weight excluding hydrogens is 276 g/mol. The molecule has 1 aromatic carbocycles. The molecule has 0 bridgehead atoms. The molecule has 0 saturated heterocycles. The van der Waals surface area contributed by atoms with Crippen LogP contribution in [0.4, 0.5) is 0 Å². The summed E-state index contributed by atoms with van der Waals surface area (Å²) in [5.41, 5.74) is 2.70. The molecule has 0 spiro atoms. The number of aromatic nitrogens is 1. The van der Waals surface area contributed by atoms with E-state index < -0.39 is 6.04 Å². The topological polar surface area (TPSA) is 42.3 Å². The lowest BCUT2D eigenvalue weighted by atomic mass is 10.0. The quantitative estimate of drug-likeness (QED) is 0.871. The van der Waals surface area contributed by atoms with E-state index in [2.05, 4.69) is 0 Å². The fraction of sp³-hybridized carbons (Fsp3) is 0.444. The molecule has 0 aliphatic carbocycles. The zero-order valence-corrected chi connectivity index (χ0v) is 14.0. The third kappa shape index (κ3) is 2.65. The first-order chi connectivity index (χ1) is 10.4. The molecule has 1 atom stereocenters. The van der Waals surface area contributed by atoms with Crippen molar-refractivity contribution >= 4 is 16.8 Å². The van der Waals surface area contributed by atoms with Crippen molar-refractivity contribution in [1.29, 1.82) is 0 Å². The Bertz CT molecular complexity index is 758. The summed E-state index contributed by atoms with van der Waals surface area (Å²) in [5, 5.41) is 1.03. The van der Waals surface area contributed by atoms with Gasteiger partial charge in [-0.05, 0) is 45.7 Å². The molecule has 22 heavy (non-hydrogen) atoms. The highest BCUT2D eigenvalue weighted by Gasteiger charge is 2.23. The summed E-state index contributed by atoms with van der Waals surface area (Å²) in [7, 11) is 0. The Balaban J connectivity index is 2.70. The molecule has 0 aliphatic rings.